The standard InChI is InChI=1S/C9H9F5N2O2/c1-17-7-4(3-15)2-5(18-9(12,13)14)16-6(7)8(10)11/h2,8H,3,15H2,1H3. The van der Waals surface area contributed by atoms with E-state index in [2.05, 4.69) is 14.5 Å². The van der Waals surface area contributed by atoms with Gasteiger partial charge in [0.25, 0.3) is 6.43 Å². The Kier molecular flexibility index (Phi) is 4.28. The van der Waals surface area contributed by atoms with Crippen molar-refractivity contribution < 1.29 is 31.4 Å². The predicted molar refractivity (Wildman–Crippen MR) is 50.3 cm³/mol. The van der Waals surface area contributed by atoms with Gasteiger partial charge in [-0.1, -0.05) is 0 Å². The van der Waals surface area contributed by atoms with Crippen molar-refractivity contribution in [3.63, 3.8) is 0 Å². The van der Waals surface area contributed by atoms with E-state index in [1.807, 2.05) is 0 Å². The Morgan fingerprint density at radius 1 is 1.39 bits per heavy atom. The third-order valence-corrected chi connectivity index (χ3v) is 1.90. The van der Waals surface area contributed by atoms with E-state index in [4.69, 9.17) is 5.73 Å². The van der Waals surface area contributed by atoms with Crippen molar-refractivity contribution >= 4 is 0 Å². The minimum absolute atomic E-state index is 0.0537. The second-order valence-corrected chi connectivity index (χ2v) is 3.09. The van der Waals surface area contributed by atoms with Crippen LogP contribution in [-0.4, -0.2) is 18.5 Å². The molecule has 0 radical (unpaired) electrons. The first-order valence-corrected chi connectivity index (χ1v) is 4.60. The summed E-state index contributed by atoms with van der Waals surface area (Å²) in [4.78, 5) is 3.06. The normalized spacial score (nSPS) is 11.8. The molecule has 0 aliphatic heterocycles. The Hall–Kier alpha value is -1.64. The van der Waals surface area contributed by atoms with Crippen LogP contribution in [0.5, 0.6) is 11.6 Å². The zero-order valence-corrected chi connectivity index (χ0v) is 9.09. The number of ether oxygens (including phenoxy) is 2. The number of pyridine rings is 1. The van der Waals surface area contributed by atoms with Crippen LogP contribution in [0.1, 0.15) is 17.7 Å². The minimum Gasteiger partial charge on any atom is -0.494 e. The highest BCUT2D eigenvalue weighted by atomic mass is 19.4. The van der Waals surface area contributed by atoms with Crippen LogP contribution in [0.4, 0.5) is 22.0 Å². The first kappa shape index (κ1) is 14.4. The predicted octanol–water partition coefficient (Wildman–Crippen LogP) is 2.39. The molecule has 4 nitrogen and oxygen atoms in total. The third kappa shape index (κ3) is 3.42. The van der Waals surface area contributed by atoms with Gasteiger partial charge in [0, 0.05) is 18.2 Å². The van der Waals surface area contributed by atoms with Crippen LogP contribution in [0, 0.1) is 0 Å². The van der Waals surface area contributed by atoms with Crippen LogP contribution in [-0.2, 0) is 6.54 Å². The Labute approximate surface area is 98.5 Å². The van der Waals surface area contributed by atoms with Crippen LogP contribution < -0.4 is 15.2 Å². The molecule has 0 spiro atoms. The van der Waals surface area contributed by atoms with Gasteiger partial charge in [0.05, 0.1) is 7.11 Å². The summed E-state index contributed by atoms with van der Waals surface area (Å²) in [5.41, 5.74) is 4.24. The van der Waals surface area contributed by atoms with E-state index in [1.165, 1.54) is 0 Å². The molecule has 0 aromatic carbocycles. The number of aromatic nitrogens is 1. The average Bonchev–Trinajstić information content (AvgIpc) is 2.25. The third-order valence-electron chi connectivity index (χ3n) is 1.90. The zero-order chi connectivity index (χ0) is 13.9. The lowest BCUT2D eigenvalue weighted by atomic mass is 10.2. The van der Waals surface area contributed by atoms with Crippen molar-refractivity contribution in [1.82, 2.24) is 4.98 Å². The summed E-state index contributed by atoms with van der Waals surface area (Å²) in [5, 5.41) is 0. The maximum Gasteiger partial charge on any atom is 0.574 e. The number of nitrogens with two attached hydrogens (primary N) is 1. The Morgan fingerprint density at radius 3 is 2.39 bits per heavy atom. The minimum atomic E-state index is -5.02. The molecule has 0 fully saturated rings. The van der Waals surface area contributed by atoms with Gasteiger partial charge in [-0.15, -0.1) is 13.2 Å². The lowest BCUT2D eigenvalue weighted by molar-refractivity contribution is -0.276. The Bertz CT molecular complexity index is 422. The molecule has 1 heterocycles. The van der Waals surface area contributed by atoms with Gasteiger partial charge in [0.2, 0.25) is 5.88 Å². The van der Waals surface area contributed by atoms with E-state index in [1.54, 1.807) is 0 Å². The van der Waals surface area contributed by atoms with E-state index >= 15 is 0 Å². The molecule has 9 heteroatoms. The van der Waals surface area contributed by atoms with Crippen LogP contribution in [0.15, 0.2) is 6.07 Å². The summed E-state index contributed by atoms with van der Waals surface area (Å²) >= 11 is 0. The molecule has 0 aliphatic carbocycles. The molecule has 0 amide bonds. The summed E-state index contributed by atoms with van der Waals surface area (Å²) in [6, 6.07) is 0.804. The highest BCUT2D eigenvalue weighted by molar-refractivity contribution is 5.41. The summed E-state index contributed by atoms with van der Waals surface area (Å²) < 4.78 is 69.3. The molecule has 18 heavy (non-hydrogen) atoms. The Morgan fingerprint density at radius 2 is 2.00 bits per heavy atom. The van der Waals surface area contributed by atoms with Crippen molar-refractivity contribution in [3.8, 4) is 11.6 Å². The fourth-order valence-corrected chi connectivity index (χ4v) is 1.29. The van der Waals surface area contributed by atoms with Crippen molar-refractivity contribution in [1.29, 1.82) is 0 Å². The monoisotopic (exact) mass is 272 g/mol. The summed E-state index contributed by atoms with van der Waals surface area (Å²) in [5.74, 6) is -1.35. The van der Waals surface area contributed by atoms with Crippen LogP contribution in [0.3, 0.4) is 0 Å². The number of hydrogen-bond donors (Lipinski definition) is 1. The average molecular weight is 272 g/mol. The molecule has 0 saturated heterocycles. The summed E-state index contributed by atoms with van der Waals surface area (Å²) in [6.07, 6.45) is -8.13. The highest BCUT2D eigenvalue weighted by Gasteiger charge is 2.33. The van der Waals surface area contributed by atoms with Crippen molar-refractivity contribution in [2.75, 3.05) is 7.11 Å². The lowest BCUT2D eigenvalue weighted by Gasteiger charge is -2.14. The topological polar surface area (TPSA) is 57.4 Å². The van der Waals surface area contributed by atoms with Gasteiger partial charge in [0.1, 0.15) is 0 Å². The smallest absolute Gasteiger partial charge is 0.494 e. The molecular formula is C9H9F5N2O2. The van der Waals surface area contributed by atoms with Gasteiger partial charge in [-0.05, 0) is 0 Å². The maximum absolute atomic E-state index is 12.6. The molecule has 0 bridgehead atoms. The van der Waals surface area contributed by atoms with Crippen LogP contribution >= 0.6 is 0 Å². The van der Waals surface area contributed by atoms with Gasteiger partial charge >= 0.3 is 6.36 Å². The summed E-state index contributed by atoms with van der Waals surface area (Å²) in [7, 11) is 1.09. The number of alkyl halides is 5. The number of rotatable bonds is 4. The second-order valence-electron chi connectivity index (χ2n) is 3.09. The molecule has 1 rings (SSSR count). The van der Waals surface area contributed by atoms with E-state index in [0.29, 0.717) is 0 Å². The van der Waals surface area contributed by atoms with Gasteiger partial charge in [0.15, 0.2) is 11.4 Å². The fraction of sp³-hybridized carbons (Fsp3) is 0.444. The van der Waals surface area contributed by atoms with Gasteiger partial charge in [-0.25, -0.2) is 13.8 Å². The fourth-order valence-electron chi connectivity index (χ4n) is 1.29. The molecule has 102 valence electrons. The molecule has 1 aromatic rings. The van der Waals surface area contributed by atoms with Gasteiger partial charge < -0.3 is 15.2 Å². The van der Waals surface area contributed by atoms with E-state index in [0.717, 1.165) is 13.2 Å². The molecule has 0 atom stereocenters. The largest absolute Gasteiger partial charge is 0.574 e. The van der Waals surface area contributed by atoms with Gasteiger partial charge in [-0.2, -0.15) is 0 Å². The molecule has 0 saturated carbocycles. The highest BCUT2D eigenvalue weighted by Crippen LogP contribution is 2.34. The number of halogens is 5. The van der Waals surface area contributed by atoms with Crippen LogP contribution in [0.2, 0.25) is 0 Å². The molecule has 0 aliphatic rings. The first-order chi connectivity index (χ1) is 8.28. The molecule has 2 N–H and O–H groups in total. The lowest BCUT2D eigenvalue weighted by Crippen LogP contribution is -2.19. The number of methoxy groups -OCH3 is 1. The molecular weight excluding hydrogens is 263 g/mol. The molecule has 1 aromatic heterocycles. The van der Waals surface area contributed by atoms with E-state index in [9.17, 15) is 22.0 Å². The Balaban J connectivity index is 3.27. The summed E-state index contributed by atoms with van der Waals surface area (Å²) in [6.45, 7) is -0.292. The van der Waals surface area contributed by atoms with Crippen molar-refractivity contribution in [3.05, 3.63) is 17.3 Å². The van der Waals surface area contributed by atoms with Gasteiger partial charge in [-0.3, -0.25) is 0 Å². The SMILES string of the molecule is COc1c(CN)cc(OC(F)(F)F)nc1C(F)F. The van der Waals surface area contributed by atoms with Crippen molar-refractivity contribution in [2.45, 2.75) is 19.3 Å². The quantitative estimate of drug-likeness (QED) is 0.855. The van der Waals surface area contributed by atoms with E-state index in [-0.39, 0.29) is 17.9 Å². The second kappa shape index (κ2) is 5.34. The number of nitrogens with zero attached hydrogens (tertiary/aromatic N) is 1. The van der Waals surface area contributed by atoms with E-state index < -0.39 is 24.4 Å². The zero-order valence-electron chi connectivity index (χ0n) is 9.09. The molecule has 0 unspecified atom stereocenters. The first-order valence-electron chi connectivity index (χ1n) is 4.60. The van der Waals surface area contributed by atoms with Crippen molar-refractivity contribution in [2.24, 2.45) is 5.73 Å². The number of hydrogen-bond acceptors (Lipinski definition) is 4. The van der Waals surface area contributed by atoms with Crippen LogP contribution in [0.25, 0.3) is 0 Å². The maximum atomic E-state index is 12.6.